The molecule has 24 heavy (non-hydrogen) atoms. The molecule has 1 fully saturated rings. The number of aromatic amines is 1. The standard InChI is InChI=1S/C16H24N6OS/c1-2-3-4-8-14-20-21-15(24-14)19-16(23)22-9-6-5-7-13(22)12-10-17-18-11-12/h10-11,13H,2-9H2,1H3,(H,17,18)(H,19,21,23)/t13-/m1/s1. The molecule has 3 rings (SSSR count). The number of carbonyl (C=O) groups excluding carboxylic acids is 1. The Kier molecular flexibility index (Phi) is 5.79. The van der Waals surface area contributed by atoms with E-state index >= 15 is 0 Å². The van der Waals surface area contributed by atoms with Crippen LogP contribution in [0.1, 0.15) is 62.1 Å². The zero-order chi connectivity index (χ0) is 16.8. The number of unbranched alkanes of at least 4 members (excludes halogenated alkanes) is 2. The van der Waals surface area contributed by atoms with Crippen LogP contribution >= 0.6 is 11.3 Å². The third-order valence-electron chi connectivity index (χ3n) is 4.34. The highest BCUT2D eigenvalue weighted by atomic mass is 32.1. The van der Waals surface area contributed by atoms with Gasteiger partial charge >= 0.3 is 6.03 Å². The van der Waals surface area contributed by atoms with E-state index in [9.17, 15) is 4.79 Å². The quantitative estimate of drug-likeness (QED) is 0.778. The monoisotopic (exact) mass is 348 g/mol. The highest BCUT2D eigenvalue weighted by Gasteiger charge is 2.29. The van der Waals surface area contributed by atoms with Crippen molar-refractivity contribution in [1.29, 1.82) is 0 Å². The number of amides is 2. The third kappa shape index (κ3) is 4.11. The Morgan fingerprint density at radius 2 is 2.33 bits per heavy atom. The zero-order valence-electron chi connectivity index (χ0n) is 14.0. The van der Waals surface area contributed by atoms with Crippen LogP contribution in [0.3, 0.4) is 0 Å². The number of aryl methyl sites for hydroxylation is 1. The number of hydrogen-bond donors (Lipinski definition) is 2. The first-order valence-corrected chi connectivity index (χ1v) is 9.48. The summed E-state index contributed by atoms with van der Waals surface area (Å²) < 4.78 is 0. The van der Waals surface area contributed by atoms with Gasteiger partial charge in [-0.15, -0.1) is 10.2 Å². The second kappa shape index (κ2) is 8.23. The average Bonchev–Trinajstić information content (AvgIpc) is 3.27. The van der Waals surface area contributed by atoms with E-state index in [1.165, 1.54) is 24.2 Å². The lowest BCUT2D eigenvalue weighted by Gasteiger charge is -2.34. The summed E-state index contributed by atoms with van der Waals surface area (Å²) in [5.74, 6) is 0. The Morgan fingerprint density at radius 1 is 1.42 bits per heavy atom. The van der Waals surface area contributed by atoms with Crippen molar-refractivity contribution in [2.75, 3.05) is 11.9 Å². The van der Waals surface area contributed by atoms with Gasteiger partial charge in [0.2, 0.25) is 5.13 Å². The van der Waals surface area contributed by atoms with E-state index in [1.807, 2.05) is 11.1 Å². The molecule has 2 aromatic heterocycles. The molecule has 2 amide bonds. The van der Waals surface area contributed by atoms with Crippen molar-refractivity contribution in [2.45, 2.75) is 57.9 Å². The van der Waals surface area contributed by atoms with Crippen molar-refractivity contribution in [2.24, 2.45) is 0 Å². The van der Waals surface area contributed by atoms with Crippen molar-refractivity contribution < 1.29 is 4.79 Å². The Balaban J connectivity index is 1.61. The summed E-state index contributed by atoms with van der Waals surface area (Å²) in [6.07, 6.45) is 11.2. The van der Waals surface area contributed by atoms with Crippen LogP contribution in [0.15, 0.2) is 12.4 Å². The number of aromatic nitrogens is 4. The Bertz CT molecular complexity index is 641. The van der Waals surface area contributed by atoms with E-state index in [0.717, 1.165) is 49.2 Å². The summed E-state index contributed by atoms with van der Waals surface area (Å²) in [7, 11) is 0. The minimum atomic E-state index is -0.0999. The molecule has 1 aliphatic rings. The molecule has 8 heteroatoms. The fourth-order valence-electron chi connectivity index (χ4n) is 3.06. The molecule has 1 aliphatic heterocycles. The van der Waals surface area contributed by atoms with Crippen LogP contribution in [0.4, 0.5) is 9.93 Å². The maximum absolute atomic E-state index is 12.7. The van der Waals surface area contributed by atoms with Crippen LogP contribution in [0, 0.1) is 0 Å². The summed E-state index contributed by atoms with van der Waals surface area (Å²) in [6, 6.07) is -0.0217. The Morgan fingerprint density at radius 3 is 3.12 bits per heavy atom. The highest BCUT2D eigenvalue weighted by Crippen LogP contribution is 2.31. The second-order valence-corrected chi connectivity index (χ2v) is 7.19. The number of nitrogens with zero attached hydrogens (tertiary/aromatic N) is 4. The van der Waals surface area contributed by atoms with Gasteiger partial charge in [0.25, 0.3) is 0 Å². The number of carbonyl (C=O) groups is 1. The normalized spacial score (nSPS) is 17.9. The van der Waals surface area contributed by atoms with E-state index in [4.69, 9.17) is 0 Å². The molecule has 0 unspecified atom stereocenters. The first-order valence-electron chi connectivity index (χ1n) is 8.66. The van der Waals surface area contributed by atoms with E-state index in [1.54, 1.807) is 6.20 Å². The molecule has 0 spiro atoms. The molecule has 130 valence electrons. The molecule has 1 atom stereocenters. The zero-order valence-corrected chi connectivity index (χ0v) is 14.8. The fraction of sp³-hybridized carbons (Fsp3) is 0.625. The lowest BCUT2D eigenvalue weighted by molar-refractivity contribution is 0.163. The molecule has 0 aromatic carbocycles. The summed E-state index contributed by atoms with van der Waals surface area (Å²) in [5, 5.41) is 19.6. The number of anilines is 1. The minimum Gasteiger partial charge on any atom is -0.317 e. The number of rotatable bonds is 6. The molecular weight excluding hydrogens is 324 g/mol. The van der Waals surface area contributed by atoms with Crippen LogP contribution in [0.5, 0.6) is 0 Å². The SMILES string of the molecule is CCCCCc1nnc(NC(=O)N2CCCC[C@@H]2c2cn[nH]c2)s1. The summed E-state index contributed by atoms with van der Waals surface area (Å²) in [4.78, 5) is 14.5. The van der Waals surface area contributed by atoms with E-state index in [-0.39, 0.29) is 12.1 Å². The molecule has 0 aliphatic carbocycles. The maximum atomic E-state index is 12.7. The van der Waals surface area contributed by atoms with Gasteiger partial charge in [-0.2, -0.15) is 5.10 Å². The first kappa shape index (κ1) is 16.9. The van der Waals surface area contributed by atoms with Crippen LogP contribution in [0.2, 0.25) is 0 Å². The van der Waals surface area contributed by atoms with Crippen molar-refractivity contribution in [3.63, 3.8) is 0 Å². The molecular formula is C16H24N6OS. The summed E-state index contributed by atoms with van der Waals surface area (Å²) in [5.41, 5.74) is 1.06. The summed E-state index contributed by atoms with van der Waals surface area (Å²) >= 11 is 1.47. The van der Waals surface area contributed by atoms with E-state index in [2.05, 4.69) is 32.6 Å². The number of H-pyrrole nitrogens is 1. The average molecular weight is 348 g/mol. The lowest BCUT2D eigenvalue weighted by Crippen LogP contribution is -2.41. The van der Waals surface area contributed by atoms with Crippen molar-refractivity contribution in [1.82, 2.24) is 25.3 Å². The van der Waals surface area contributed by atoms with Gasteiger partial charge < -0.3 is 4.90 Å². The minimum absolute atomic E-state index is 0.0782. The van der Waals surface area contributed by atoms with Gasteiger partial charge in [-0.1, -0.05) is 31.1 Å². The molecule has 0 bridgehead atoms. The highest BCUT2D eigenvalue weighted by molar-refractivity contribution is 7.15. The van der Waals surface area contributed by atoms with Crippen molar-refractivity contribution >= 4 is 22.5 Å². The largest absolute Gasteiger partial charge is 0.324 e. The molecule has 0 saturated carbocycles. The maximum Gasteiger partial charge on any atom is 0.324 e. The molecule has 0 radical (unpaired) electrons. The van der Waals surface area contributed by atoms with Gasteiger partial charge in [0, 0.05) is 24.7 Å². The summed E-state index contributed by atoms with van der Waals surface area (Å²) in [6.45, 7) is 2.94. The number of nitrogens with one attached hydrogen (secondary N) is 2. The van der Waals surface area contributed by atoms with Gasteiger partial charge in [-0.25, -0.2) is 4.79 Å². The van der Waals surface area contributed by atoms with Crippen LogP contribution in [0.25, 0.3) is 0 Å². The van der Waals surface area contributed by atoms with Crippen LogP contribution in [-0.4, -0.2) is 37.9 Å². The predicted octanol–water partition coefficient (Wildman–Crippen LogP) is 3.75. The second-order valence-electron chi connectivity index (χ2n) is 6.12. The Labute approximate surface area is 145 Å². The number of piperidine rings is 1. The lowest BCUT2D eigenvalue weighted by atomic mass is 9.98. The smallest absolute Gasteiger partial charge is 0.317 e. The number of hydrogen-bond acceptors (Lipinski definition) is 5. The van der Waals surface area contributed by atoms with Gasteiger partial charge in [0.05, 0.1) is 12.2 Å². The van der Waals surface area contributed by atoms with Crippen molar-refractivity contribution in [3.8, 4) is 0 Å². The molecule has 2 aromatic rings. The van der Waals surface area contributed by atoms with Gasteiger partial charge in [0.1, 0.15) is 5.01 Å². The van der Waals surface area contributed by atoms with Crippen LogP contribution < -0.4 is 5.32 Å². The van der Waals surface area contributed by atoms with Gasteiger partial charge in [-0.3, -0.25) is 10.4 Å². The van der Waals surface area contributed by atoms with Gasteiger partial charge in [-0.05, 0) is 25.7 Å². The number of likely N-dealkylation sites (tertiary alicyclic amines) is 1. The third-order valence-corrected chi connectivity index (χ3v) is 5.24. The molecule has 7 nitrogen and oxygen atoms in total. The van der Waals surface area contributed by atoms with Crippen LogP contribution in [-0.2, 0) is 6.42 Å². The Hall–Kier alpha value is -1.96. The molecule has 2 N–H and O–H groups in total. The topological polar surface area (TPSA) is 86.8 Å². The predicted molar refractivity (Wildman–Crippen MR) is 94.0 cm³/mol. The molecule has 3 heterocycles. The van der Waals surface area contributed by atoms with Gasteiger partial charge in [0.15, 0.2) is 0 Å². The van der Waals surface area contributed by atoms with Crippen molar-refractivity contribution in [3.05, 3.63) is 23.0 Å². The number of urea groups is 1. The van der Waals surface area contributed by atoms with E-state index < -0.39 is 0 Å². The first-order chi connectivity index (χ1) is 11.8. The van der Waals surface area contributed by atoms with E-state index in [0.29, 0.717) is 5.13 Å². The fourth-order valence-corrected chi connectivity index (χ4v) is 3.83. The molecule has 1 saturated heterocycles.